The smallest absolute Gasteiger partial charge is 0.258 e. The van der Waals surface area contributed by atoms with Crippen LogP contribution in [0.5, 0.6) is 5.75 Å². The molecule has 0 radical (unpaired) electrons. The lowest BCUT2D eigenvalue weighted by Gasteiger charge is -2.10. The number of anilines is 2. The fourth-order valence-electron chi connectivity index (χ4n) is 2.04. The molecule has 0 atom stereocenters. The third kappa shape index (κ3) is 7.62. The molecule has 2 rings (SSSR count). The summed E-state index contributed by atoms with van der Waals surface area (Å²) < 4.78 is 30.0. The molecular weight excluding hydrogens is 378 g/mol. The number of hydrogen-bond donors (Lipinski definition) is 3. The van der Waals surface area contributed by atoms with Gasteiger partial charge < -0.3 is 15.4 Å². The first kappa shape index (κ1) is 19.9. The molecule has 2 aromatic carbocycles. The van der Waals surface area contributed by atoms with Crippen LogP contribution in [0.1, 0.15) is 0 Å². The number of sulfonamides is 1. The average molecular weight is 398 g/mol. The summed E-state index contributed by atoms with van der Waals surface area (Å²) >= 11 is 5.89. The molecule has 1 amide bonds. The Labute approximate surface area is 157 Å². The van der Waals surface area contributed by atoms with Crippen molar-refractivity contribution in [3.05, 3.63) is 53.6 Å². The molecule has 0 aliphatic rings. The van der Waals surface area contributed by atoms with Crippen molar-refractivity contribution in [1.82, 2.24) is 5.32 Å². The van der Waals surface area contributed by atoms with E-state index in [0.29, 0.717) is 29.5 Å². The molecule has 0 aliphatic heterocycles. The molecule has 3 N–H and O–H groups in total. The summed E-state index contributed by atoms with van der Waals surface area (Å²) in [5.41, 5.74) is 1.31. The average Bonchev–Trinajstić information content (AvgIpc) is 2.57. The molecule has 140 valence electrons. The maximum absolute atomic E-state index is 11.8. The summed E-state index contributed by atoms with van der Waals surface area (Å²) in [6, 6.07) is 13.6. The van der Waals surface area contributed by atoms with E-state index in [-0.39, 0.29) is 12.5 Å². The lowest BCUT2D eigenvalue weighted by molar-refractivity contribution is -0.123. The fraction of sp³-hybridized carbons (Fsp3) is 0.235. The highest BCUT2D eigenvalue weighted by atomic mass is 35.5. The molecule has 0 saturated carbocycles. The van der Waals surface area contributed by atoms with Crippen LogP contribution in [0.3, 0.4) is 0 Å². The van der Waals surface area contributed by atoms with E-state index in [9.17, 15) is 13.2 Å². The normalized spacial score (nSPS) is 10.8. The van der Waals surface area contributed by atoms with Gasteiger partial charge in [0.05, 0.1) is 6.26 Å². The minimum atomic E-state index is -3.32. The Morgan fingerprint density at radius 3 is 2.46 bits per heavy atom. The second-order valence-corrected chi connectivity index (χ2v) is 7.66. The van der Waals surface area contributed by atoms with Crippen molar-refractivity contribution < 1.29 is 17.9 Å². The lowest BCUT2D eigenvalue weighted by Crippen LogP contribution is -2.32. The van der Waals surface area contributed by atoms with E-state index in [1.807, 2.05) is 12.1 Å². The molecule has 0 spiro atoms. The predicted molar refractivity (Wildman–Crippen MR) is 103 cm³/mol. The van der Waals surface area contributed by atoms with Crippen molar-refractivity contribution in [1.29, 1.82) is 0 Å². The molecule has 2 aromatic rings. The van der Waals surface area contributed by atoms with Crippen molar-refractivity contribution >= 4 is 38.9 Å². The van der Waals surface area contributed by atoms with Crippen molar-refractivity contribution in [2.45, 2.75) is 0 Å². The van der Waals surface area contributed by atoms with E-state index >= 15 is 0 Å². The first-order valence-electron chi connectivity index (χ1n) is 7.79. The number of benzene rings is 2. The molecule has 9 heteroatoms. The van der Waals surface area contributed by atoms with Gasteiger partial charge in [-0.3, -0.25) is 9.52 Å². The van der Waals surface area contributed by atoms with Crippen molar-refractivity contribution in [3.8, 4) is 5.75 Å². The van der Waals surface area contributed by atoms with Gasteiger partial charge in [-0.1, -0.05) is 17.7 Å². The van der Waals surface area contributed by atoms with E-state index in [1.165, 1.54) is 0 Å². The first-order valence-corrected chi connectivity index (χ1v) is 10.1. The summed E-state index contributed by atoms with van der Waals surface area (Å²) in [5.74, 6) is 0.215. The molecule has 0 aliphatic carbocycles. The highest BCUT2D eigenvalue weighted by Gasteiger charge is 2.04. The molecule has 0 aromatic heterocycles. The van der Waals surface area contributed by atoms with Gasteiger partial charge in [-0.2, -0.15) is 0 Å². The fourth-order valence-corrected chi connectivity index (χ4v) is 2.79. The lowest BCUT2D eigenvalue weighted by atomic mass is 10.3. The largest absolute Gasteiger partial charge is 0.484 e. The summed E-state index contributed by atoms with van der Waals surface area (Å²) in [6.45, 7) is 0.861. The van der Waals surface area contributed by atoms with Gasteiger partial charge in [0.15, 0.2) is 6.61 Å². The Kier molecular flexibility index (Phi) is 7.11. The van der Waals surface area contributed by atoms with Crippen LogP contribution >= 0.6 is 11.6 Å². The summed E-state index contributed by atoms with van der Waals surface area (Å²) in [7, 11) is -3.32. The van der Waals surface area contributed by atoms with E-state index in [1.54, 1.807) is 36.4 Å². The second kappa shape index (κ2) is 9.30. The van der Waals surface area contributed by atoms with Crippen molar-refractivity contribution in [2.24, 2.45) is 0 Å². The van der Waals surface area contributed by atoms with E-state index in [0.717, 1.165) is 11.9 Å². The maximum atomic E-state index is 11.8. The number of ether oxygens (including phenoxy) is 1. The number of carbonyl (C=O) groups is 1. The molecule has 0 bridgehead atoms. The number of carbonyl (C=O) groups excluding carboxylic acids is 1. The third-order valence-corrected chi connectivity index (χ3v) is 3.97. The Bertz CT molecular complexity index is 841. The topological polar surface area (TPSA) is 96.5 Å². The van der Waals surface area contributed by atoms with Gasteiger partial charge in [-0.05, 0) is 42.5 Å². The molecule has 0 saturated heterocycles. The minimum Gasteiger partial charge on any atom is -0.484 e. The minimum absolute atomic E-state index is 0.129. The zero-order chi connectivity index (χ0) is 19.0. The number of hydrogen-bond acceptors (Lipinski definition) is 5. The van der Waals surface area contributed by atoms with Gasteiger partial charge in [0.1, 0.15) is 5.75 Å². The molecular formula is C17H20ClN3O4S. The van der Waals surface area contributed by atoms with Gasteiger partial charge >= 0.3 is 0 Å². The molecule has 26 heavy (non-hydrogen) atoms. The van der Waals surface area contributed by atoms with Gasteiger partial charge in [0.2, 0.25) is 10.0 Å². The van der Waals surface area contributed by atoms with Crippen LogP contribution in [0.2, 0.25) is 5.02 Å². The molecule has 0 heterocycles. The van der Waals surface area contributed by atoms with E-state index < -0.39 is 10.0 Å². The van der Waals surface area contributed by atoms with E-state index in [4.69, 9.17) is 16.3 Å². The summed E-state index contributed by atoms with van der Waals surface area (Å²) in [4.78, 5) is 11.8. The van der Waals surface area contributed by atoms with Crippen molar-refractivity contribution in [2.75, 3.05) is 36.0 Å². The van der Waals surface area contributed by atoms with Crippen LogP contribution in [0, 0.1) is 0 Å². The van der Waals surface area contributed by atoms with Crippen molar-refractivity contribution in [3.63, 3.8) is 0 Å². The van der Waals surface area contributed by atoms with Gasteiger partial charge in [-0.25, -0.2) is 8.42 Å². The number of halogens is 1. The third-order valence-electron chi connectivity index (χ3n) is 3.13. The van der Waals surface area contributed by atoms with Gasteiger partial charge in [-0.15, -0.1) is 0 Å². The summed E-state index contributed by atoms with van der Waals surface area (Å²) in [6.07, 6.45) is 1.07. The van der Waals surface area contributed by atoms with Crippen LogP contribution in [-0.4, -0.2) is 40.3 Å². The number of amides is 1. The molecule has 0 unspecified atom stereocenters. The zero-order valence-corrected chi connectivity index (χ0v) is 15.7. The molecule has 0 fully saturated rings. The number of nitrogens with one attached hydrogen (secondary N) is 3. The standard InChI is InChI=1S/C17H20ClN3O4S/c1-26(23,24)21-14-5-7-16(8-6-14)25-12-17(22)20-10-9-19-15-4-2-3-13(18)11-15/h2-8,11,19,21H,9-10,12H2,1H3,(H,20,22). The Hall–Kier alpha value is -2.45. The monoisotopic (exact) mass is 397 g/mol. The first-order chi connectivity index (χ1) is 12.3. The van der Waals surface area contributed by atoms with Crippen LogP contribution in [0.15, 0.2) is 48.5 Å². The Morgan fingerprint density at radius 1 is 1.08 bits per heavy atom. The highest BCUT2D eigenvalue weighted by Crippen LogP contribution is 2.16. The maximum Gasteiger partial charge on any atom is 0.258 e. The quantitative estimate of drug-likeness (QED) is 0.564. The van der Waals surface area contributed by atoms with Crippen LogP contribution in [0.25, 0.3) is 0 Å². The Morgan fingerprint density at radius 2 is 1.81 bits per heavy atom. The highest BCUT2D eigenvalue weighted by molar-refractivity contribution is 7.92. The SMILES string of the molecule is CS(=O)(=O)Nc1ccc(OCC(=O)NCCNc2cccc(Cl)c2)cc1. The Balaban J connectivity index is 1.67. The number of rotatable bonds is 9. The predicted octanol–water partition coefficient (Wildman–Crippen LogP) is 2.32. The van der Waals surface area contributed by atoms with Gasteiger partial charge in [0, 0.05) is 29.5 Å². The second-order valence-electron chi connectivity index (χ2n) is 5.47. The van der Waals surface area contributed by atoms with Crippen LogP contribution in [0.4, 0.5) is 11.4 Å². The van der Waals surface area contributed by atoms with Crippen LogP contribution in [-0.2, 0) is 14.8 Å². The summed E-state index contributed by atoms with van der Waals surface area (Å²) in [5, 5.41) is 6.52. The van der Waals surface area contributed by atoms with Crippen LogP contribution < -0.4 is 20.1 Å². The van der Waals surface area contributed by atoms with Gasteiger partial charge in [0.25, 0.3) is 5.91 Å². The molecule has 7 nitrogen and oxygen atoms in total. The van der Waals surface area contributed by atoms with E-state index in [2.05, 4.69) is 15.4 Å². The zero-order valence-electron chi connectivity index (χ0n) is 14.2.